The minimum absolute atomic E-state index is 0.149. The van der Waals surface area contributed by atoms with Gasteiger partial charge < -0.3 is 19.9 Å². The summed E-state index contributed by atoms with van der Waals surface area (Å²) in [5.41, 5.74) is 0.735. The lowest BCUT2D eigenvalue weighted by Crippen LogP contribution is -2.52. The number of amides is 2. The molecule has 3 heterocycles. The molecule has 3 saturated heterocycles. The van der Waals surface area contributed by atoms with Gasteiger partial charge in [-0.05, 0) is 56.9 Å². The van der Waals surface area contributed by atoms with Crippen molar-refractivity contribution in [1.82, 2.24) is 15.1 Å². The number of anilines is 1. The number of rotatable bonds is 4. The third-order valence-electron chi connectivity index (χ3n) is 7.33. The number of methoxy groups -OCH3 is 1. The zero-order valence-electron chi connectivity index (χ0n) is 18.5. The van der Waals surface area contributed by atoms with Crippen LogP contribution in [0.5, 0.6) is 0 Å². The van der Waals surface area contributed by atoms with Crippen molar-refractivity contribution in [3.8, 4) is 0 Å². The molecule has 3 fully saturated rings. The molecule has 1 aromatic rings. The predicted octanol–water partition coefficient (Wildman–Crippen LogP) is 2.46. The number of carbonyl (C=O) groups excluding carboxylic acids is 2. The van der Waals surface area contributed by atoms with Crippen LogP contribution >= 0.6 is 0 Å². The van der Waals surface area contributed by atoms with Crippen LogP contribution in [0, 0.1) is 11.2 Å². The summed E-state index contributed by atoms with van der Waals surface area (Å²) in [5, 5.41) is 3.22. The van der Waals surface area contributed by atoms with E-state index in [1.54, 1.807) is 4.90 Å². The molecular formula is C23H33FN4O3. The van der Waals surface area contributed by atoms with E-state index in [2.05, 4.69) is 22.0 Å². The average Bonchev–Trinajstić information content (AvgIpc) is 3.08. The molecule has 3 aliphatic heterocycles. The first kappa shape index (κ1) is 21.9. The van der Waals surface area contributed by atoms with Crippen LogP contribution in [0.25, 0.3) is 0 Å². The lowest BCUT2D eigenvalue weighted by molar-refractivity contribution is -0.129. The van der Waals surface area contributed by atoms with Gasteiger partial charge in [0, 0.05) is 57.0 Å². The number of ether oxygens (including phenoxy) is 1. The molecule has 1 spiro atoms. The van der Waals surface area contributed by atoms with E-state index >= 15 is 0 Å². The van der Waals surface area contributed by atoms with E-state index in [0.29, 0.717) is 32.0 Å². The SMILES string of the molecule is COC(=O)N1CCC2(CC1)C[C@H](CCN1CCN(c3ccc(F)cc3)C[C@H]1C)NC2=O. The molecule has 8 heteroatoms. The first-order valence-corrected chi connectivity index (χ1v) is 11.3. The van der Waals surface area contributed by atoms with Crippen LogP contribution in [0.2, 0.25) is 0 Å². The minimum atomic E-state index is -0.331. The summed E-state index contributed by atoms with van der Waals surface area (Å²) in [7, 11) is 1.39. The molecule has 0 saturated carbocycles. The van der Waals surface area contributed by atoms with Crippen molar-refractivity contribution in [3.05, 3.63) is 30.1 Å². The molecule has 4 rings (SSSR count). The second-order valence-electron chi connectivity index (χ2n) is 9.21. The van der Waals surface area contributed by atoms with Gasteiger partial charge in [-0.15, -0.1) is 0 Å². The highest BCUT2D eigenvalue weighted by molar-refractivity contribution is 5.85. The fraction of sp³-hybridized carbons (Fsp3) is 0.652. The number of nitrogens with zero attached hydrogens (tertiary/aromatic N) is 3. The van der Waals surface area contributed by atoms with Gasteiger partial charge in [-0.1, -0.05) is 0 Å². The van der Waals surface area contributed by atoms with Crippen molar-refractivity contribution in [3.63, 3.8) is 0 Å². The maximum atomic E-state index is 13.2. The Bertz CT molecular complexity index is 795. The van der Waals surface area contributed by atoms with Crippen LogP contribution in [0.4, 0.5) is 14.9 Å². The van der Waals surface area contributed by atoms with Crippen molar-refractivity contribution in [2.75, 3.05) is 51.3 Å². The molecule has 3 aliphatic rings. The third-order valence-corrected chi connectivity index (χ3v) is 7.33. The standard InChI is InChI=1S/C23H33FN4O3/c1-17-16-28(20-5-3-18(24)4-6-20)14-13-26(17)10-7-19-15-23(21(29)25-19)8-11-27(12-9-23)22(30)31-2/h3-6,17,19H,7-16H2,1-2H3,(H,25,29)/t17-,19+/m1/s1. The van der Waals surface area contributed by atoms with Gasteiger partial charge >= 0.3 is 6.09 Å². The van der Waals surface area contributed by atoms with E-state index in [4.69, 9.17) is 4.74 Å². The molecule has 0 aliphatic carbocycles. The predicted molar refractivity (Wildman–Crippen MR) is 116 cm³/mol. The highest BCUT2D eigenvalue weighted by Gasteiger charge is 2.48. The van der Waals surface area contributed by atoms with Gasteiger partial charge in [-0.3, -0.25) is 9.69 Å². The number of nitrogens with one attached hydrogen (secondary N) is 1. The zero-order chi connectivity index (χ0) is 22.0. The van der Waals surface area contributed by atoms with Gasteiger partial charge in [0.25, 0.3) is 0 Å². The van der Waals surface area contributed by atoms with Crippen molar-refractivity contribution >= 4 is 17.7 Å². The number of carbonyl (C=O) groups is 2. The van der Waals surface area contributed by atoms with Crippen LogP contribution in [0.1, 0.15) is 32.6 Å². The molecule has 1 aromatic carbocycles. The van der Waals surface area contributed by atoms with Gasteiger partial charge in [0.1, 0.15) is 5.82 Å². The van der Waals surface area contributed by atoms with E-state index in [-0.39, 0.29) is 29.3 Å². The fourth-order valence-electron chi connectivity index (χ4n) is 5.34. The molecule has 0 radical (unpaired) electrons. The largest absolute Gasteiger partial charge is 0.453 e. The quantitative estimate of drug-likeness (QED) is 0.792. The van der Waals surface area contributed by atoms with Gasteiger partial charge in [-0.25, -0.2) is 9.18 Å². The average molecular weight is 433 g/mol. The molecule has 7 nitrogen and oxygen atoms in total. The summed E-state index contributed by atoms with van der Waals surface area (Å²) in [5.74, 6) is -0.0565. The number of likely N-dealkylation sites (tertiary alicyclic amines) is 1. The van der Waals surface area contributed by atoms with Crippen LogP contribution in [0.3, 0.4) is 0 Å². The summed E-state index contributed by atoms with van der Waals surface area (Å²) in [4.78, 5) is 31.0. The Morgan fingerprint density at radius 1 is 1.19 bits per heavy atom. The maximum Gasteiger partial charge on any atom is 0.409 e. The smallest absolute Gasteiger partial charge is 0.409 e. The summed E-state index contributed by atoms with van der Waals surface area (Å²) < 4.78 is 18.0. The van der Waals surface area contributed by atoms with E-state index in [0.717, 1.165) is 44.7 Å². The van der Waals surface area contributed by atoms with E-state index in [9.17, 15) is 14.0 Å². The molecule has 2 atom stereocenters. The van der Waals surface area contributed by atoms with E-state index in [1.165, 1.54) is 19.2 Å². The Hall–Kier alpha value is -2.35. The van der Waals surface area contributed by atoms with Gasteiger partial charge in [0.05, 0.1) is 12.5 Å². The first-order valence-electron chi connectivity index (χ1n) is 11.3. The number of hydrogen-bond donors (Lipinski definition) is 1. The zero-order valence-corrected chi connectivity index (χ0v) is 18.5. The van der Waals surface area contributed by atoms with Crippen molar-refractivity contribution in [2.45, 2.75) is 44.7 Å². The molecule has 0 bridgehead atoms. The number of hydrogen-bond acceptors (Lipinski definition) is 5. The van der Waals surface area contributed by atoms with E-state index in [1.807, 2.05) is 12.1 Å². The number of piperidine rings is 1. The summed E-state index contributed by atoms with van der Waals surface area (Å²) in [6.45, 7) is 7.12. The highest BCUT2D eigenvalue weighted by Crippen LogP contribution is 2.41. The summed E-state index contributed by atoms with van der Waals surface area (Å²) in [6, 6.07) is 7.31. The Balaban J connectivity index is 1.25. The number of piperazine rings is 1. The van der Waals surface area contributed by atoms with E-state index < -0.39 is 0 Å². The Morgan fingerprint density at radius 3 is 2.55 bits per heavy atom. The third kappa shape index (κ3) is 4.63. The van der Waals surface area contributed by atoms with Crippen molar-refractivity contribution in [2.24, 2.45) is 5.41 Å². The molecule has 31 heavy (non-hydrogen) atoms. The molecule has 0 aromatic heterocycles. The lowest BCUT2D eigenvalue weighted by atomic mass is 9.76. The van der Waals surface area contributed by atoms with Gasteiger partial charge in [-0.2, -0.15) is 0 Å². The second kappa shape index (κ2) is 9.02. The molecule has 0 unspecified atom stereocenters. The first-order chi connectivity index (χ1) is 14.9. The van der Waals surface area contributed by atoms with Gasteiger partial charge in [0.2, 0.25) is 5.91 Å². The van der Waals surface area contributed by atoms with Gasteiger partial charge in [0.15, 0.2) is 0 Å². The molecule has 170 valence electrons. The summed E-state index contributed by atoms with van der Waals surface area (Å²) >= 11 is 0. The van der Waals surface area contributed by atoms with Crippen molar-refractivity contribution in [1.29, 1.82) is 0 Å². The normalized spacial score (nSPS) is 26.2. The second-order valence-corrected chi connectivity index (χ2v) is 9.21. The topological polar surface area (TPSA) is 65.1 Å². The molecular weight excluding hydrogens is 399 g/mol. The van der Waals surface area contributed by atoms with Crippen LogP contribution in [-0.2, 0) is 9.53 Å². The Kier molecular flexibility index (Phi) is 6.36. The lowest BCUT2D eigenvalue weighted by Gasteiger charge is -2.41. The highest BCUT2D eigenvalue weighted by atomic mass is 19.1. The van der Waals surface area contributed by atoms with Crippen LogP contribution < -0.4 is 10.2 Å². The van der Waals surface area contributed by atoms with Crippen LogP contribution in [0.15, 0.2) is 24.3 Å². The fourth-order valence-corrected chi connectivity index (χ4v) is 5.34. The van der Waals surface area contributed by atoms with Crippen LogP contribution in [-0.4, -0.2) is 80.3 Å². The maximum absolute atomic E-state index is 13.2. The number of benzene rings is 1. The Labute approximate surface area is 183 Å². The monoisotopic (exact) mass is 432 g/mol. The minimum Gasteiger partial charge on any atom is -0.453 e. The summed E-state index contributed by atoms with van der Waals surface area (Å²) in [6.07, 6.45) is 2.90. The molecule has 2 amide bonds. The number of halogens is 1. The molecule has 1 N–H and O–H groups in total. The van der Waals surface area contributed by atoms with Crippen molar-refractivity contribution < 1.29 is 18.7 Å². The Morgan fingerprint density at radius 2 is 1.90 bits per heavy atom.